The van der Waals surface area contributed by atoms with Gasteiger partial charge in [0.15, 0.2) is 0 Å². The summed E-state index contributed by atoms with van der Waals surface area (Å²) in [6.07, 6.45) is 0.672. The molecule has 0 fully saturated rings. The molecule has 0 saturated heterocycles. The highest BCUT2D eigenvalue weighted by atomic mass is 32.1. The van der Waals surface area contributed by atoms with Gasteiger partial charge in [-0.05, 0) is 24.6 Å². The summed E-state index contributed by atoms with van der Waals surface area (Å²) in [4.78, 5) is 13.5. The summed E-state index contributed by atoms with van der Waals surface area (Å²) in [5.74, 6) is -2.03. The first kappa shape index (κ1) is 14.5. The molecule has 1 aromatic carbocycles. The van der Waals surface area contributed by atoms with Gasteiger partial charge in [-0.3, -0.25) is 4.79 Å². The van der Waals surface area contributed by atoms with Crippen molar-refractivity contribution >= 4 is 23.1 Å². The van der Waals surface area contributed by atoms with Crippen molar-refractivity contribution in [1.82, 2.24) is 4.90 Å². The lowest BCUT2D eigenvalue weighted by molar-refractivity contribution is 0.0774. The summed E-state index contributed by atoms with van der Waals surface area (Å²) in [6.45, 7) is 2.30. The minimum absolute atomic E-state index is 0.0535. The standard InChI is InChI=1S/C12H14F2N2OS/c1-2-5-16(7-11(15)18)12(17)9-6-8(13)3-4-10(9)14/h3-4,6H,2,5,7H2,1H3,(H2,15,18). The number of hydrogen-bond donors (Lipinski definition) is 1. The minimum Gasteiger partial charge on any atom is -0.392 e. The highest BCUT2D eigenvalue weighted by Crippen LogP contribution is 2.13. The van der Waals surface area contributed by atoms with Crippen molar-refractivity contribution in [3.63, 3.8) is 0 Å². The Labute approximate surface area is 110 Å². The summed E-state index contributed by atoms with van der Waals surface area (Å²) in [7, 11) is 0. The van der Waals surface area contributed by atoms with Crippen LogP contribution in [0.25, 0.3) is 0 Å². The van der Waals surface area contributed by atoms with Crippen LogP contribution in [0.1, 0.15) is 23.7 Å². The molecule has 1 rings (SSSR count). The average Bonchev–Trinajstić information content (AvgIpc) is 2.30. The number of carbonyl (C=O) groups is 1. The lowest BCUT2D eigenvalue weighted by Crippen LogP contribution is -2.38. The van der Waals surface area contributed by atoms with E-state index in [1.165, 1.54) is 4.90 Å². The van der Waals surface area contributed by atoms with Crippen molar-refractivity contribution < 1.29 is 13.6 Å². The third kappa shape index (κ3) is 3.73. The number of amides is 1. The van der Waals surface area contributed by atoms with Crippen molar-refractivity contribution in [2.75, 3.05) is 13.1 Å². The molecule has 0 bridgehead atoms. The molecular weight excluding hydrogens is 258 g/mol. The third-order valence-corrected chi connectivity index (χ3v) is 2.42. The number of nitrogens with zero attached hydrogens (tertiary/aromatic N) is 1. The summed E-state index contributed by atoms with van der Waals surface area (Å²) in [5.41, 5.74) is 5.07. The maximum Gasteiger partial charge on any atom is 0.257 e. The molecule has 0 aliphatic heterocycles. The number of rotatable bonds is 5. The van der Waals surface area contributed by atoms with Gasteiger partial charge in [0, 0.05) is 6.54 Å². The molecular formula is C12H14F2N2OS. The van der Waals surface area contributed by atoms with Crippen LogP contribution in [0, 0.1) is 11.6 Å². The highest BCUT2D eigenvalue weighted by molar-refractivity contribution is 7.80. The maximum absolute atomic E-state index is 13.5. The SMILES string of the molecule is CCCN(CC(N)=S)C(=O)c1cc(F)ccc1F. The molecule has 0 atom stereocenters. The van der Waals surface area contributed by atoms with E-state index in [9.17, 15) is 13.6 Å². The van der Waals surface area contributed by atoms with Gasteiger partial charge in [-0.25, -0.2) is 8.78 Å². The van der Waals surface area contributed by atoms with E-state index >= 15 is 0 Å². The predicted molar refractivity (Wildman–Crippen MR) is 69.3 cm³/mol. The molecule has 0 radical (unpaired) electrons. The van der Waals surface area contributed by atoms with E-state index < -0.39 is 17.5 Å². The number of halogens is 2. The van der Waals surface area contributed by atoms with Gasteiger partial charge >= 0.3 is 0 Å². The Balaban J connectivity index is 3.01. The van der Waals surface area contributed by atoms with E-state index in [-0.39, 0.29) is 17.1 Å². The summed E-state index contributed by atoms with van der Waals surface area (Å²) in [6, 6.07) is 2.76. The topological polar surface area (TPSA) is 46.3 Å². The molecule has 18 heavy (non-hydrogen) atoms. The molecule has 1 aromatic rings. The Bertz CT molecular complexity index is 465. The summed E-state index contributed by atoms with van der Waals surface area (Å²) < 4.78 is 26.5. The molecule has 0 aliphatic carbocycles. The lowest BCUT2D eigenvalue weighted by Gasteiger charge is -2.21. The number of hydrogen-bond acceptors (Lipinski definition) is 2. The zero-order chi connectivity index (χ0) is 13.7. The Morgan fingerprint density at radius 3 is 2.67 bits per heavy atom. The highest BCUT2D eigenvalue weighted by Gasteiger charge is 2.19. The lowest BCUT2D eigenvalue weighted by atomic mass is 10.1. The van der Waals surface area contributed by atoms with Crippen LogP contribution in [0.15, 0.2) is 18.2 Å². The first-order valence-corrected chi connectivity index (χ1v) is 5.89. The quantitative estimate of drug-likeness (QED) is 0.835. The summed E-state index contributed by atoms with van der Waals surface area (Å²) in [5, 5.41) is 0. The van der Waals surface area contributed by atoms with Crippen LogP contribution >= 0.6 is 12.2 Å². The van der Waals surface area contributed by atoms with Gasteiger partial charge < -0.3 is 10.6 Å². The molecule has 98 valence electrons. The molecule has 2 N–H and O–H groups in total. The van der Waals surface area contributed by atoms with Crippen LogP contribution in [0.3, 0.4) is 0 Å². The monoisotopic (exact) mass is 272 g/mol. The van der Waals surface area contributed by atoms with Crippen molar-refractivity contribution in [2.24, 2.45) is 5.73 Å². The number of thiocarbonyl (C=S) groups is 1. The first-order valence-electron chi connectivity index (χ1n) is 5.48. The van der Waals surface area contributed by atoms with Gasteiger partial charge in [-0.1, -0.05) is 19.1 Å². The number of nitrogens with two attached hydrogens (primary N) is 1. The molecule has 0 heterocycles. The van der Waals surface area contributed by atoms with E-state index in [1.807, 2.05) is 6.92 Å². The fraction of sp³-hybridized carbons (Fsp3) is 0.333. The van der Waals surface area contributed by atoms with Crippen LogP contribution in [-0.4, -0.2) is 28.9 Å². The van der Waals surface area contributed by atoms with Gasteiger partial charge in [0.25, 0.3) is 5.91 Å². The second-order valence-corrected chi connectivity index (χ2v) is 4.34. The molecule has 0 spiro atoms. The average molecular weight is 272 g/mol. The van der Waals surface area contributed by atoms with E-state index in [4.69, 9.17) is 18.0 Å². The van der Waals surface area contributed by atoms with Gasteiger partial charge in [0.1, 0.15) is 11.6 Å². The minimum atomic E-state index is -0.759. The fourth-order valence-electron chi connectivity index (χ4n) is 1.54. The molecule has 6 heteroatoms. The Kier molecular flexibility index (Phi) is 5.15. The molecule has 0 saturated carbocycles. The van der Waals surface area contributed by atoms with Crippen molar-refractivity contribution in [3.8, 4) is 0 Å². The van der Waals surface area contributed by atoms with Crippen molar-refractivity contribution in [3.05, 3.63) is 35.4 Å². The van der Waals surface area contributed by atoms with Crippen LogP contribution in [0.4, 0.5) is 8.78 Å². The Hall–Kier alpha value is -1.56. The second-order valence-electron chi connectivity index (χ2n) is 3.82. The molecule has 0 aromatic heterocycles. The van der Waals surface area contributed by atoms with Crippen molar-refractivity contribution in [2.45, 2.75) is 13.3 Å². The van der Waals surface area contributed by atoms with Crippen molar-refractivity contribution in [1.29, 1.82) is 0 Å². The smallest absolute Gasteiger partial charge is 0.257 e. The number of carbonyl (C=O) groups excluding carboxylic acids is 1. The predicted octanol–water partition coefficient (Wildman–Crippen LogP) is 2.10. The summed E-state index contributed by atoms with van der Waals surface area (Å²) >= 11 is 4.73. The molecule has 0 aliphatic rings. The van der Waals surface area contributed by atoms with Crippen LogP contribution in [-0.2, 0) is 0 Å². The Morgan fingerprint density at radius 2 is 2.11 bits per heavy atom. The van der Waals surface area contributed by atoms with E-state index in [0.29, 0.717) is 13.0 Å². The zero-order valence-corrected chi connectivity index (χ0v) is 10.8. The van der Waals surface area contributed by atoms with Gasteiger partial charge in [-0.15, -0.1) is 0 Å². The Morgan fingerprint density at radius 1 is 1.44 bits per heavy atom. The zero-order valence-electron chi connectivity index (χ0n) is 9.95. The van der Waals surface area contributed by atoms with Crippen LogP contribution in [0.2, 0.25) is 0 Å². The van der Waals surface area contributed by atoms with E-state index in [2.05, 4.69) is 0 Å². The largest absolute Gasteiger partial charge is 0.392 e. The molecule has 1 amide bonds. The number of benzene rings is 1. The fourth-order valence-corrected chi connectivity index (χ4v) is 1.70. The van der Waals surface area contributed by atoms with Crippen LogP contribution in [0.5, 0.6) is 0 Å². The van der Waals surface area contributed by atoms with Gasteiger partial charge in [0.2, 0.25) is 0 Å². The molecule has 3 nitrogen and oxygen atoms in total. The second kappa shape index (κ2) is 6.39. The van der Waals surface area contributed by atoms with E-state index in [1.54, 1.807) is 0 Å². The van der Waals surface area contributed by atoms with Crippen LogP contribution < -0.4 is 5.73 Å². The maximum atomic E-state index is 13.5. The first-order chi connectivity index (χ1) is 8.45. The van der Waals surface area contributed by atoms with Gasteiger partial charge in [-0.2, -0.15) is 0 Å². The molecule has 0 unspecified atom stereocenters. The van der Waals surface area contributed by atoms with E-state index in [0.717, 1.165) is 18.2 Å². The normalized spacial score (nSPS) is 10.2. The third-order valence-electron chi connectivity index (χ3n) is 2.29. The van der Waals surface area contributed by atoms with Gasteiger partial charge in [0.05, 0.1) is 17.1 Å².